The Bertz CT molecular complexity index is 433. The summed E-state index contributed by atoms with van der Waals surface area (Å²) in [7, 11) is 1.38. The van der Waals surface area contributed by atoms with Gasteiger partial charge in [-0.1, -0.05) is 11.8 Å². The zero-order chi connectivity index (χ0) is 13.0. The lowest BCUT2D eigenvalue weighted by Gasteiger charge is -2.17. The van der Waals surface area contributed by atoms with Crippen LogP contribution in [0.4, 0.5) is 5.82 Å². The lowest BCUT2D eigenvalue weighted by molar-refractivity contribution is -0.137. The van der Waals surface area contributed by atoms with Crippen molar-refractivity contribution in [2.75, 3.05) is 30.9 Å². The van der Waals surface area contributed by atoms with Crippen molar-refractivity contribution >= 4 is 23.5 Å². The van der Waals surface area contributed by atoms with Crippen LogP contribution in [0.2, 0.25) is 0 Å². The van der Waals surface area contributed by atoms with Gasteiger partial charge in [-0.15, -0.1) is 0 Å². The minimum absolute atomic E-state index is 0.249. The Balaban J connectivity index is 2.08. The molecule has 0 radical (unpaired) electrons. The van der Waals surface area contributed by atoms with E-state index < -0.39 is 0 Å². The van der Waals surface area contributed by atoms with E-state index in [-0.39, 0.29) is 11.7 Å². The van der Waals surface area contributed by atoms with Crippen LogP contribution in [0.25, 0.3) is 0 Å². The van der Waals surface area contributed by atoms with Gasteiger partial charge < -0.3 is 9.64 Å². The highest BCUT2D eigenvalue weighted by Crippen LogP contribution is 2.22. The van der Waals surface area contributed by atoms with Gasteiger partial charge in [-0.3, -0.25) is 4.79 Å². The van der Waals surface area contributed by atoms with E-state index in [1.165, 1.54) is 31.7 Å². The number of anilines is 1. The molecule has 0 amide bonds. The van der Waals surface area contributed by atoms with Crippen molar-refractivity contribution in [3.05, 3.63) is 11.8 Å². The molecule has 5 nitrogen and oxygen atoms in total. The molecule has 0 N–H and O–H groups in total. The fraction of sp³-hybridized carbons (Fsp3) is 0.583. The summed E-state index contributed by atoms with van der Waals surface area (Å²) in [6, 6.07) is 1.99. The first-order valence-corrected chi connectivity index (χ1v) is 6.98. The second-order valence-corrected chi connectivity index (χ2v) is 5.15. The Morgan fingerprint density at radius 2 is 2.17 bits per heavy atom. The molecule has 0 bridgehead atoms. The van der Waals surface area contributed by atoms with E-state index in [0.717, 1.165) is 24.6 Å². The fourth-order valence-corrected chi connectivity index (χ4v) is 2.61. The quantitative estimate of drug-likeness (QED) is 0.470. The molecule has 0 aromatic carbocycles. The van der Waals surface area contributed by atoms with Gasteiger partial charge in [-0.25, -0.2) is 9.97 Å². The van der Waals surface area contributed by atoms with Crippen molar-refractivity contribution < 1.29 is 9.53 Å². The second kappa shape index (κ2) is 6.04. The first kappa shape index (κ1) is 13.1. The highest BCUT2D eigenvalue weighted by Gasteiger charge is 2.15. The summed E-state index contributed by atoms with van der Waals surface area (Å²) >= 11 is 1.32. The van der Waals surface area contributed by atoms with Crippen molar-refractivity contribution in [2.45, 2.75) is 24.9 Å². The van der Waals surface area contributed by atoms with Crippen molar-refractivity contribution in [1.29, 1.82) is 0 Å². The molecule has 98 valence electrons. The molecule has 1 aromatic heterocycles. The van der Waals surface area contributed by atoms with Crippen LogP contribution >= 0.6 is 11.8 Å². The van der Waals surface area contributed by atoms with Gasteiger partial charge >= 0.3 is 5.97 Å². The monoisotopic (exact) mass is 267 g/mol. The van der Waals surface area contributed by atoms with Crippen LogP contribution in [0.15, 0.2) is 11.2 Å². The number of ether oxygens (including phenoxy) is 1. The number of esters is 1. The predicted molar refractivity (Wildman–Crippen MR) is 71.0 cm³/mol. The molecule has 6 heteroatoms. The molecule has 1 aliphatic heterocycles. The summed E-state index contributed by atoms with van der Waals surface area (Å²) in [5.74, 6) is 0.958. The lowest BCUT2D eigenvalue weighted by atomic mass is 10.4. The summed E-state index contributed by atoms with van der Waals surface area (Å²) in [6.07, 6.45) is 2.43. The average molecular weight is 267 g/mol. The highest BCUT2D eigenvalue weighted by atomic mass is 32.2. The van der Waals surface area contributed by atoms with Crippen LogP contribution in [0.1, 0.15) is 18.5 Å². The van der Waals surface area contributed by atoms with Gasteiger partial charge in [0.1, 0.15) is 5.82 Å². The van der Waals surface area contributed by atoms with Crippen LogP contribution in [0.3, 0.4) is 0 Å². The van der Waals surface area contributed by atoms with Crippen LogP contribution in [0, 0.1) is 6.92 Å². The third-order valence-corrected chi connectivity index (χ3v) is 3.62. The number of nitrogens with zero attached hydrogens (tertiary/aromatic N) is 3. The van der Waals surface area contributed by atoms with Crippen LogP contribution in [-0.2, 0) is 9.53 Å². The third-order valence-electron chi connectivity index (χ3n) is 2.80. The minimum Gasteiger partial charge on any atom is -0.468 e. The van der Waals surface area contributed by atoms with Crippen LogP contribution in [0.5, 0.6) is 0 Å². The number of carbonyl (C=O) groups excluding carboxylic acids is 1. The van der Waals surface area contributed by atoms with Crippen molar-refractivity contribution in [2.24, 2.45) is 0 Å². The summed E-state index contributed by atoms with van der Waals surface area (Å²) in [5, 5.41) is 0.641. The number of rotatable bonds is 4. The van der Waals surface area contributed by atoms with Gasteiger partial charge in [0, 0.05) is 24.8 Å². The molecule has 1 aliphatic rings. The smallest absolute Gasteiger partial charge is 0.316 e. The van der Waals surface area contributed by atoms with E-state index >= 15 is 0 Å². The molecule has 2 heterocycles. The molecule has 0 saturated carbocycles. The van der Waals surface area contributed by atoms with E-state index in [0.29, 0.717) is 5.16 Å². The second-order valence-electron chi connectivity index (χ2n) is 4.21. The number of hydrogen-bond donors (Lipinski definition) is 0. The maximum absolute atomic E-state index is 11.1. The maximum atomic E-state index is 11.1. The molecule has 0 atom stereocenters. The topological polar surface area (TPSA) is 55.3 Å². The fourth-order valence-electron chi connectivity index (χ4n) is 1.88. The Hall–Kier alpha value is -1.30. The van der Waals surface area contributed by atoms with E-state index in [1.807, 2.05) is 13.0 Å². The van der Waals surface area contributed by atoms with E-state index in [1.54, 1.807) is 0 Å². The predicted octanol–water partition coefficient (Wildman–Crippen LogP) is 1.65. The molecule has 0 spiro atoms. The largest absolute Gasteiger partial charge is 0.468 e. The number of methoxy groups -OCH3 is 1. The van der Waals surface area contributed by atoms with Crippen molar-refractivity contribution in [1.82, 2.24) is 9.97 Å². The van der Waals surface area contributed by atoms with Gasteiger partial charge in [0.15, 0.2) is 5.16 Å². The number of aryl methyl sites for hydroxylation is 1. The van der Waals surface area contributed by atoms with Gasteiger partial charge in [-0.2, -0.15) is 0 Å². The molecule has 2 rings (SSSR count). The summed E-state index contributed by atoms with van der Waals surface area (Å²) in [5.41, 5.74) is 0.930. The lowest BCUT2D eigenvalue weighted by Crippen LogP contribution is -2.19. The summed E-state index contributed by atoms with van der Waals surface area (Å²) < 4.78 is 4.61. The first-order chi connectivity index (χ1) is 8.69. The Kier molecular flexibility index (Phi) is 4.41. The standard InChI is InChI=1S/C12H17N3O2S/c1-9-7-10(15-5-3-4-6-15)14-12(13-9)18-8-11(16)17-2/h7H,3-6,8H2,1-2H3. The molecule has 1 aromatic rings. The Labute approximate surface area is 111 Å². The number of aromatic nitrogens is 2. The first-order valence-electron chi connectivity index (χ1n) is 5.99. The van der Waals surface area contributed by atoms with Gasteiger partial charge in [-0.05, 0) is 19.8 Å². The van der Waals surface area contributed by atoms with E-state index in [4.69, 9.17) is 0 Å². The number of hydrogen-bond acceptors (Lipinski definition) is 6. The molecular formula is C12H17N3O2S. The molecular weight excluding hydrogens is 250 g/mol. The summed E-state index contributed by atoms with van der Waals surface area (Å²) in [6.45, 7) is 4.05. The minimum atomic E-state index is -0.257. The molecule has 18 heavy (non-hydrogen) atoms. The van der Waals surface area contributed by atoms with Gasteiger partial charge in [0.2, 0.25) is 0 Å². The van der Waals surface area contributed by atoms with Crippen LogP contribution in [-0.4, -0.2) is 41.9 Å². The van der Waals surface area contributed by atoms with E-state index in [9.17, 15) is 4.79 Å². The average Bonchev–Trinajstić information content (AvgIpc) is 2.89. The third kappa shape index (κ3) is 3.35. The van der Waals surface area contributed by atoms with Gasteiger partial charge in [0.25, 0.3) is 0 Å². The molecule has 0 aliphatic carbocycles. The summed E-state index contributed by atoms with van der Waals surface area (Å²) in [4.78, 5) is 22.2. The zero-order valence-corrected chi connectivity index (χ0v) is 11.5. The SMILES string of the molecule is COC(=O)CSc1nc(C)cc(N2CCCC2)n1. The molecule has 1 saturated heterocycles. The highest BCUT2D eigenvalue weighted by molar-refractivity contribution is 7.99. The van der Waals surface area contributed by atoms with Crippen molar-refractivity contribution in [3.8, 4) is 0 Å². The molecule has 1 fully saturated rings. The van der Waals surface area contributed by atoms with Crippen LogP contribution < -0.4 is 4.90 Å². The maximum Gasteiger partial charge on any atom is 0.316 e. The number of carbonyl (C=O) groups is 1. The number of thioether (sulfide) groups is 1. The van der Waals surface area contributed by atoms with E-state index in [2.05, 4.69) is 19.6 Å². The zero-order valence-electron chi connectivity index (χ0n) is 10.7. The Morgan fingerprint density at radius 3 is 2.83 bits per heavy atom. The van der Waals surface area contributed by atoms with Gasteiger partial charge in [0.05, 0.1) is 12.9 Å². The Morgan fingerprint density at radius 1 is 1.44 bits per heavy atom. The van der Waals surface area contributed by atoms with Crippen molar-refractivity contribution in [3.63, 3.8) is 0 Å². The molecule has 0 unspecified atom stereocenters. The normalized spacial score (nSPS) is 14.9.